The number of anilines is 1. The van der Waals surface area contributed by atoms with Crippen molar-refractivity contribution in [3.05, 3.63) is 54.1 Å². The van der Waals surface area contributed by atoms with Gasteiger partial charge in [0.05, 0.1) is 33.0 Å². The van der Waals surface area contributed by atoms with Gasteiger partial charge in [-0.25, -0.2) is 4.79 Å². The molecule has 2 aromatic carbocycles. The lowest BCUT2D eigenvalue weighted by Gasteiger charge is -2.30. The van der Waals surface area contributed by atoms with Crippen molar-refractivity contribution in [2.45, 2.75) is 30.9 Å². The maximum absolute atomic E-state index is 12.5. The molecule has 0 saturated carbocycles. The number of urea groups is 1. The second-order valence-corrected chi connectivity index (χ2v) is 7.71. The molecule has 1 fully saturated rings. The summed E-state index contributed by atoms with van der Waals surface area (Å²) in [5, 5.41) is 25.8. The molecule has 0 bridgehead atoms. The lowest BCUT2D eigenvalue weighted by Crippen LogP contribution is -2.49. The minimum Gasteiger partial charge on any atom is -0.497 e. The van der Waals surface area contributed by atoms with Crippen molar-refractivity contribution in [2.75, 3.05) is 39.7 Å². The van der Waals surface area contributed by atoms with Crippen LogP contribution in [0.25, 0.3) is 0 Å². The molecule has 2 aromatic rings. The molecule has 182 valence electrons. The van der Waals surface area contributed by atoms with Crippen LogP contribution < -0.4 is 20.1 Å². The van der Waals surface area contributed by atoms with Gasteiger partial charge in [0.2, 0.25) is 0 Å². The molecule has 4 N–H and O–H groups in total. The van der Waals surface area contributed by atoms with Crippen LogP contribution in [0.4, 0.5) is 10.5 Å². The number of halogens is 1. The van der Waals surface area contributed by atoms with Crippen molar-refractivity contribution in [1.82, 2.24) is 10.2 Å². The third kappa shape index (κ3) is 6.96. The Morgan fingerprint density at radius 3 is 2.30 bits per heavy atom. The van der Waals surface area contributed by atoms with Crippen molar-refractivity contribution in [1.29, 1.82) is 0 Å². The number of ether oxygens (including phenoxy) is 3. The summed E-state index contributed by atoms with van der Waals surface area (Å²) in [5.41, 5.74) is 1.60. The summed E-state index contributed by atoms with van der Waals surface area (Å²) in [6, 6.07) is 14.1. The molecule has 4 atom stereocenters. The van der Waals surface area contributed by atoms with Gasteiger partial charge in [-0.05, 0) is 12.6 Å². The predicted molar refractivity (Wildman–Crippen MR) is 127 cm³/mol. The quantitative estimate of drug-likeness (QED) is 0.432. The number of methoxy groups -OCH3 is 2. The number of nitrogens with one attached hydrogen (secondary N) is 2. The summed E-state index contributed by atoms with van der Waals surface area (Å²) in [7, 11) is 4.95. The molecule has 2 amide bonds. The molecule has 9 nitrogen and oxygen atoms in total. The summed E-state index contributed by atoms with van der Waals surface area (Å²) < 4.78 is 16.3. The van der Waals surface area contributed by atoms with Crippen LogP contribution in [0.5, 0.6) is 11.5 Å². The number of amides is 2. The second-order valence-electron chi connectivity index (χ2n) is 7.71. The summed E-state index contributed by atoms with van der Waals surface area (Å²) in [4.78, 5) is 14.5. The molecule has 1 saturated heterocycles. The molecule has 3 rings (SSSR count). The van der Waals surface area contributed by atoms with E-state index in [-0.39, 0.29) is 25.6 Å². The fourth-order valence-corrected chi connectivity index (χ4v) is 3.91. The Labute approximate surface area is 200 Å². The zero-order valence-corrected chi connectivity index (χ0v) is 19.7. The Bertz CT molecular complexity index is 866. The maximum atomic E-state index is 12.5. The number of aliphatic hydroxyl groups excluding tert-OH is 2. The number of aliphatic hydroxyl groups is 2. The molecule has 0 radical (unpaired) electrons. The van der Waals surface area contributed by atoms with Gasteiger partial charge in [-0.1, -0.05) is 30.3 Å². The van der Waals surface area contributed by atoms with Crippen molar-refractivity contribution < 1.29 is 29.2 Å². The van der Waals surface area contributed by atoms with Gasteiger partial charge in [-0.3, -0.25) is 4.90 Å². The van der Waals surface area contributed by atoms with Gasteiger partial charge < -0.3 is 35.1 Å². The second kappa shape index (κ2) is 12.6. The van der Waals surface area contributed by atoms with Crippen molar-refractivity contribution >= 4 is 24.1 Å². The van der Waals surface area contributed by atoms with Crippen LogP contribution in [-0.4, -0.2) is 79.9 Å². The third-order valence-corrected chi connectivity index (χ3v) is 5.50. The number of carbonyl (C=O) groups is 1. The number of hydrogen-bond donors (Lipinski definition) is 4. The van der Waals surface area contributed by atoms with E-state index in [9.17, 15) is 15.0 Å². The Balaban J connectivity index is 0.00000385. The van der Waals surface area contributed by atoms with E-state index in [4.69, 9.17) is 14.2 Å². The highest BCUT2D eigenvalue weighted by Crippen LogP contribution is 2.27. The van der Waals surface area contributed by atoms with Crippen LogP contribution in [0.3, 0.4) is 0 Å². The van der Waals surface area contributed by atoms with Gasteiger partial charge in [0, 0.05) is 37.0 Å². The molecule has 1 aliphatic rings. The predicted octanol–water partition coefficient (Wildman–Crippen LogP) is 1.87. The van der Waals surface area contributed by atoms with E-state index in [1.54, 1.807) is 18.2 Å². The van der Waals surface area contributed by atoms with Gasteiger partial charge in [-0.2, -0.15) is 0 Å². The van der Waals surface area contributed by atoms with Crippen LogP contribution in [0.15, 0.2) is 48.5 Å². The minimum atomic E-state index is -0.883. The van der Waals surface area contributed by atoms with Crippen LogP contribution in [-0.2, 0) is 11.3 Å². The maximum Gasteiger partial charge on any atom is 0.319 e. The normalized spacial score (nSPS) is 21.9. The van der Waals surface area contributed by atoms with Crippen molar-refractivity contribution in [3.63, 3.8) is 0 Å². The van der Waals surface area contributed by atoms with Crippen LogP contribution in [0.1, 0.15) is 5.56 Å². The summed E-state index contributed by atoms with van der Waals surface area (Å²) >= 11 is 0. The molecule has 10 heteroatoms. The van der Waals surface area contributed by atoms with E-state index in [0.29, 0.717) is 23.7 Å². The Morgan fingerprint density at radius 2 is 1.73 bits per heavy atom. The first kappa shape index (κ1) is 26.7. The molecule has 1 heterocycles. The van der Waals surface area contributed by atoms with E-state index in [2.05, 4.69) is 10.6 Å². The Kier molecular flexibility index (Phi) is 10.2. The Morgan fingerprint density at radius 1 is 1.09 bits per heavy atom. The molecular weight excluding hydrogens is 450 g/mol. The van der Waals surface area contributed by atoms with E-state index < -0.39 is 30.4 Å². The standard InChI is InChI=1S/C23H31N3O6.ClH/c1-26(13-15-7-5-4-6-8-15)21-19(32-20(14-27)22(21)28)12-24-23(29)25-16-9-17(30-2)11-18(10-16)31-3;/h4-11,19-22,27-28H,12-14H2,1-3H3,(H2,24,25,29);1H/t19-,20+,21-,22-;/m1./s1. The van der Waals surface area contributed by atoms with Crippen LogP contribution >= 0.6 is 12.4 Å². The van der Waals surface area contributed by atoms with Crippen molar-refractivity contribution in [3.8, 4) is 11.5 Å². The first-order valence-corrected chi connectivity index (χ1v) is 10.4. The number of likely N-dealkylation sites (N-methyl/N-ethyl adjacent to an activating group) is 1. The first-order chi connectivity index (χ1) is 15.4. The zero-order valence-electron chi connectivity index (χ0n) is 18.9. The summed E-state index contributed by atoms with van der Waals surface area (Å²) in [5.74, 6) is 1.10. The highest BCUT2D eigenvalue weighted by atomic mass is 35.5. The van der Waals surface area contributed by atoms with E-state index in [0.717, 1.165) is 5.56 Å². The van der Waals surface area contributed by atoms with Gasteiger partial charge in [0.1, 0.15) is 23.7 Å². The van der Waals surface area contributed by atoms with E-state index in [1.807, 2.05) is 42.3 Å². The summed E-state index contributed by atoms with van der Waals surface area (Å²) in [6.45, 7) is 0.448. The monoisotopic (exact) mass is 481 g/mol. The fourth-order valence-electron chi connectivity index (χ4n) is 3.91. The lowest BCUT2D eigenvalue weighted by molar-refractivity contribution is -0.0205. The summed E-state index contributed by atoms with van der Waals surface area (Å²) in [6.07, 6.45) is -2.09. The zero-order chi connectivity index (χ0) is 23.1. The highest BCUT2D eigenvalue weighted by Gasteiger charge is 2.45. The number of hydrogen-bond acceptors (Lipinski definition) is 7. The minimum absolute atomic E-state index is 0. The topological polar surface area (TPSA) is 113 Å². The van der Waals surface area contributed by atoms with Gasteiger partial charge in [0.25, 0.3) is 0 Å². The molecule has 0 aromatic heterocycles. The van der Waals surface area contributed by atoms with Gasteiger partial charge in [-0.15, -0.1) is 12.4 Å². The third-order valence-electron chi connectivity index (χ3n) is 5.50. The van der Waals surface area contributed by atoms with Gasteiger partial charge in [0.15, 0.2) is 0 Å². The largest absolute Gasteiger partial charge is 0.497 e. The number of nitrogens with zero attached hydrogens (tertiary/aromatic N) is 1. The molecule has 0 aliphatic carbocycles. The van der Waals surface area contributed by atoms with E-state index in [1.165, 1.54) is 14.2 Å². The average molecular weight is 482 g/mol. The highest BCUT2D eigenvalue weighted by molar-refractivity contribution is 5.89. The molecule has 0 unspecified atom stereocenters. The SMILES string of the molecule is COc1cc(NC(=O)NC[C@H]2O[C@@H](CO)[C@@H](O)[C@@H]2N(C)Cc2ccccc2)cc(OC)c1.Cl. The van der Waals surface area contributed by atoms with Crippen LogP contribution in [0.2, 0.25) is 0 Å². The molecule has 33 heavy (non-hydrogen) atoms. The van der Waals surface area contributed by atoms with E-state index >= 15 is 0 Å². The average Bonchev–Trinajstić information content (AvgIpc) is 3.13. The number of carbonyl (C=O) groups excluding carboxylic acids is 1. The number of rotatable bonds is 9. The fraction of sp³-hybridized carbons (Fsp3) is 0.435. The van der Waals surface area contributed by atoms with Gasteiger partial charge >= 0.3 is 6.03 Å². The van der Waals surface area contributed by atoms with Crippen molar-refractivity contribution in [2.24, 2.45) is 0 Å². The molecule has 0 spiro atoms. The Hall–Kier alpha value is -2.56. The molecule has 1 aliphatic heterocycles. The smallest absolute Gasteiger partial charge is 0.319 e. The number of benzene rings is 2. The first-order valence-electron chi connectivity index (χ1n) is 10.4. The lowest BCUT2D eigenvalue weighted by atomic mass is 10.0. The van der Waals surface area contributed by atoms with Crippen LogP contribution in [0, 0.1) is 0 Å². The molecular formula is C23H32ClN3O6.